The number of benzene rings is 5. The predicted molar refractivity (Wildman–Crippen MR) is 154 cm³/mol. The summed E-state index contributed by atoms with van der Waals surface area (Å²) >= 11 is 1.86. The Kier molecular flexibility index (Phi) is 3.93. The molecule has 0 N–H and O–H groups in total. The van der Waals surface area contributed by atoms with Crippen LogP contribution in [0.5, 0.6) is 0 Å². The van der Waals surface area contributed by atoms with Crippen LogP contribution >= 0.6 is 11.8 Å². The summed E-state index contributed by atoms with van der Waals surface area (Å²) in [4.78, 5) is 2.54. The summed E-state index contributed by atoms with van der Waals surface area (Å²) in [7, 11) is 0. The van der Waals surface area contributed by atoms with Crippen LogP contribution < -0.4 is 0 Å². The molecule has 0 saturated heterocycles. The Morgan fingerprint density at radius 3 is 2.05 bits per heavy atom. The van der Waals surface area contributed by atoms with Gasteiger partial charge in [0.25, 0.3) is 0 Å². The fourth-order valence-electron chi connectivity index (χ4n) is 6.78. The zero-order valence-corrected chi connectivity index (χ0v) is 21.2. The SMILES string of the molecule is c1ccc2c(c1)Sc1cc(-n3c4ccccc4c4ccccc43)ccc1C21c2ccccc2-c2ccnn21. The van der Waals surface area contributed by atoms with Crippen LogP contribution in [-0.4, -0.2) is 14.3 Å². The summed E-state index contributed by atoms with van der Waals surface area (Å²) < 4.78 is 4.65. The van der Waals surface area contributed by atoms with Crippen LogP contribution in [0, 0.1) is 0 Å². The normalized spacial score (nSPS) is 16.9. The molecule has 38 heavy (non-hydrogen) atoms. The number of rotatable bonds is 1. The smallest absolute Gasteiger partial charge is 0.141 e. The average molecular weight is 504 g/mol. The second kappa shape index (κ2) is 7.27. The first-order valence-electron chi connectivity index (χ1n) is 12.9. The van der Waals surface area contributed by atoms with Gasteiger partial charge < -0.3 is 4.57 Å². The minimum absolute atomic E-state index is 0.494. The Morgan fingerprint density at radius 1 is 0.579 bits per heavy atom. The van der Waals surface area contributed by atoms with Gasteiger partial charge in [0.2, 0.25) is 0 Å². The Hall–Kier alpha value is -4.54. The third-order valence-electron chi connectivity index (χ3n) is 8.24. The first-order valence-corrected chi connectivity index (χ1v) is 13.7. The Balaban J connectivity index is 1.37. The topological polar surface area (TPSA) is 22.8 Å². The molecule has 2 aliphatic rings. The van der Waals surface area contributed by atoms with Gasteiger partial charge in [-0.15, -0.1) is 0 Å². The van der Waals surface area contributed by atoms with Crippen LogP contribution in [-0.2, 0) is 5.54 Å². The molecule has 9 rings (SSSR count). The van der Waals surface area contributed by atoms with Crippen LogP contribution in [0.1, 0.15) is 16.7 Å². The van der Waals surface area contributed by atoms with E-state index in [1.807, 2.05) is 18.0 Å². The van der Waals surface area contributed by atoms with Gasteiger partial charge in [-0.2, -0.15) is 5.10 Å². The Labute approximate surface area is 224 Å². The molecular formula is C34H21N3S. The summed E-state index contributed by atoms with van der Waals surface area (Å²) in [6, 6.07) is 44.2. The van der Waals surface area contributed by atoms with E-state index >= 15 is 0 Å². The van der Waals surface area contributed by atoms with Crippen LogP contribution in [0.15, 0.2) is 137 Å². The van der Waals surface area contributed by atoms with Crippen molar-refractivity contribution >= 4 is 33.6 Å². The van der Waals surface area contributed by atoms with E-state index in [4.69, 9.17) is 5.10 Å². The quantitative estimate of drug-likeness (QED) is 0.225. The molecule has 2 aromatic heterocycles. The fraction of sp³-hybridized carbons (Fsp3) is 0.0294. The summed E-state index contributed by atoms with van der Waals surface area (Å²) in [6.45, 7) is 0. The van der Waals surface area contributed by atoms with Crippen molar-refractivity contribution in [1.82, 2.24) is 14.3 Å². The lowest BCUT2D eigenvalue weighted by atomic mass is 9.77. The number of aromatic nitrogens is 3. The van der Waals surface area contributed by atoms with Gasteiger partial charge in [0.1, 0.15) is 5.54 Å². The molecule has 4 heterocycles. The summed E-state index contributed by atoms with van der Waals surface area (Å²) in [6.07, 6.45) is 1.93. The van der Waals surface area contributed by atoms with Crippen molar-refractivity contribution in [1.29, 1.82) is 0 Å². The van der Waals surface area contributed by atoms with Crippen molar-refractivity contribution in [2.75, 3.05) is 0 Å². The van der Waals surface area contributed by atoms with Gasteiger partial charge >= 0.3 is 0 Å². The molecule has 4 heteroatoms. The van der Waals surface area contributed by atoms with E-state index in [-0.39, 0.29) is 0 Å². The number of para-hydroxylation sites is 2. The van der Waals surface area contributed by atoms with E-state index < -0.39 is 5.54 Å². The van der Waals surface area contributed by atoms with E-state index in [1.165, 1.54) is 65.2 Å². The van der Waals surface area contributed by atoms with E-state index in [9.17, 15) is 0 Å². The molecule has 178 valence electrons. The molecule has 0 bridgehead atoms. The van der Waals surface area contributed by atoms with Gasteiger partial charge in [-0.1, -0.05) is 96.7 Å². The number of hydrogen-bond acceptors (Lipinski definition) is 2. The molecule has 0 fully saturated rings. The maximum atomic E-state index is 4.94. The number of nitrogens with zero attached hydrogens (tertiary/aromatic N) is 3. The molecule has 1 unspecified atom stereocenters. The maximum Gasteiger partial charge on any atom is 0.141 e. The first-order chi connectivity index (χ1) is 18.9. The van der Waals surface area contributed by atoms with E-state index in [0.717, 1.165) is 0 Å². The van der Waals surface area contributed by atoms with Crippen molar-refractivity contribution in [3.63, 3.8) is 0 Å². The van der Waals surface area contributed by atoms with Crippen LogP contribution in [0.3, 0.4) is 0 Å². The highest BCUT2D eigenvalue weighted by Gasteiger charge is 2.51. The molecule has 7 aromatic rings. The number of fused-ring (bicyclic) bond motifs is 12. The second-order valence-electron chi connectivity index (χ2n) is 10.0. The van der Waals surface area contributed by atoms with Crippen LogP contribution in [0.4, 0.5) is 0 Å². The summed E-state index contributed by atoms with van der Waals surface area (Å²) in [5.41, 5.74) is 9.42. The van der Waals surface area contributed by atoms with Gasteiger partial charge in [-0.05, 0) is 42.0 Å². The van der Waals surface area contributed by atoms with E-state index in [0.29, 0.717) is 0 Å². The number of hydrogen-bond donors (Lipinski definition) is 0. The second-order valence-corrected chi connectivity index (χ2v) is 11.1. The molecule has 5 aromatic carbocycles. The molecule has 3 nitrogen and oxygen atoms in total. The summed E-state index contributed by atoms with van der Waals surface area (Å²) in [5.74, 6) is 0. The lowest BCUT2D eigenvalue weighted by molar-refractivity contribution is 0.467. The molecule has 0 aliphatic carbocycles. The third-order valence-corrected chi connectivity index (χ3v) is 9.38. The average Bonchev–Trinajstić information content (AvgIpc) is 3.65. The van der Waals surface area contributed by atoms with Crippen LogP contribution in [0.2, 0.25) is 0 Å². The van der Waals surface area contributed by atoms with Gasteiger partial charge in [-0.25, -0.2) is 4.68 Å². The first kappa shape index (κ1) is 20.5. The highest BCUT2D eigenvalue weighted by atomic mass is 32.2. The lowest BCUT2D eigenvalue weighted by Crippen LogP contribution is -2.38. The van der Waals surface area contributed by atoms with Crippen molar-refractivity contribution in [2.24, 2.45) is 0 Å². The van der Waals surface area contributed by atoms with Gasteiger partial charge in [0.15, 0.2) is 0 Å². The van der Waals surface area contributed by atoms with Gasteiger partial charge in [0.05, 0.1) is 16.7 Å². The third kappa shape index (κ3) is 2.39. The molecule has 0 saturated carbocycles. The zero-order valence-electron chi connectivity index (χ0n) is 20.4. The largest absolute Gasteiger partial charge is 0.309 e. The molecule has 0 radical (unpaired) electrons. The Morgan fingerprint density at radius 2 is 1.24 bits per heavy atom. The maximum absolute atomic E-state index is 4.94. The zero-order chi connectivity index (χ0) is 24.8. The standard InChI is InChI=1S/C34H21N3S/c1-4-12-26-25(11-1)31-19-20-35-37(31)34(26)27-13-5-8-16-32(27)38-33-21-22(17-18-28(33)34)36-29-14-6-2-9-23(29)24-10-3-7-15-30(24)36/h1-21H. The van der Waals surface area contributed by atoms with Crippen molar-refractivity contribution in [2.45, 2.75) is 15.3 Å². The van der Waals surface area contributed by atoms with E-state index in [1.54, 1.807) is 0 Å². The summed E-state index contributed by atoms with van der Waals surface area (Å²) in [5, 5.41) is 7.50. The van der Waals surface area contributed by atoms with Crippen molar-refractivity contribution < 1.29 is 0 Å². The fourth-order valence-corrected chi connectivity index (χ4v) is 8.00. The molecule has 1 spiro atoms. The minimum atomic E-state index is -0.494. The van der Waals surface area contributed by atoms with Crippen molar-refractivity contribution in [3.05, 3.63) is 144 Å². The van der Waals surface area contributed by atoms with Gasteiger partial charge in [-0.3, -0.25) is 0 Å². The Bertz CT molecular complexity index is 2030. The molecule has 1 atom stereocenters. The molecular weight excluding hydrogens is 482 g/mol. The molecule has 0 amide bonds. The van der Waals surface area contributed by atoms with Gasteiger partial charge in [0, 0.05) is 49.1 Å². The highest BCUT2D eigenvalue weighted by molar-refractivity contribution is 7.99. The predicted octanol–water partition coefficient (Wildman–Crippen LogP) is 8.27. The molecule has 2 aliphatic heterocycles. The lowest BCUT2D eigenvalue weighted by Gasteiger charge is -2.39. The minimum Gasteiger partial charge on any atom is -0.309 e. The monoisotopic (exact) mass is 503 g/mol. The van der Waals surface area contributed by atoms with Crippen LogP contribution in [0.25, 0.3) is 38.8 Å². The highest BCUT2D eigenvalue weighted by Crippen LogP contribution is 2.58. The van der Waals surface area contributed by atoms with Crippen molar-refractivity contribution in [3.8, 4) is 16.9 Å². The van der Waals surface area contributed by atoms with E-state index in [2.05, 4.69) is 131 Å².